The Morgan fingerprint density at radius 2 is 1.39 bits per heavy atom. The van der Waals surface area contributed by atoms with Crippen LogP contribution in [0.2, 0.25) is 0 Å². The predicted octanol–water partition coefficient (Wildman–Crippen LogP) is 4.70. The molecule has 31 heavy (non-hydrogen) atoms. The lowest BCUT2D eigenvalue weighted by molar-refractivity contribution is -0.954. The second-order valence-electron chi connectivity index (χ2n) is 9.66. The summed E-state index contributed by atoms with van der Waals surface area (Å²) in [4.78, 5) is 10.3. The van der Waals surface area contributed by atoms with E-state index in [9.17, 15) is 14.6 Å². The van der Waals surface area contributed by atoms with E-state index in [1.165, 1.54) is 0 Å². The molecule has 0 rings (SSSR count). The van der Waals surface area contributed by atoms with Crippen LogP contribution in [-0.4, -0.2) is 85.2 Å². The molecule has 0 radical (unpaired) electrons. The number of phosphoric acid groups is 1. The van der Waals surface area contributed by atoms with Crippen LogP contribution in [0, 0.1) is 0 Å². The summed E-state index contributed by atoms with van der Waals surface area (Å²) in [5.41, 5.74) is 0. The molecule has 7 nitrogen and oxygen atoms in total. The van der Waals surface area contributed by atoms with Gasteiger partial charge in [0.15, 0.2) is 6.73 Å². The Morgan fingerprint density at radius 3 is 1.77 bits per heavy atom. The summed E-state index contributed by atoms with van der Waals surface area (Å²) < 4.78 is 24.4. The SMILES string of the molecule is CCC=CC(O)C(COP(=O)(O)OC[N+](C)(C)C)[N+](CCCC)(CCCC)CCCC. The molecule has 0 fully saturated rings. The zero-order valence-electron chi connectivity index (χ0n) is 21.3. The number of aliphatic hydroxyl groups excluding tert-OH is 1. The van der Waals surface area contributed by atoms with E-state index in [2.05, 4.69) is 20.8 Å². The Balaban J connectivity index is 5.84. The van der Waals surface area contributed by atoms with Crippen molar-refractivity contribution in [2.24, 2.45) is 0 Å². The van der Waals surface area contributed by atoms with Crippen LogP contribution in [0.4, 0.5) is 0 Å². The topological polar surface area (TPSA) is 76.0 Å². The summed E-state index contributed by atoms with van der Waals surface area (Å²) in [6, 6.07) is -0.319. The standard InChI is InChI=1S/C23H50N2O5P/c1-8-12-16-23(26)22(20-29-31(27,28)30-21-24(5,6)7)25(17-13-9-2,18-14-10-3)19-15-11-4/h12,16,22-23,26H,8-11,13-15,17-21H2,1-7H3/q+1/p+1. The highest BCUT2D eigenvalue weighted by Crippen LogP contribution is 2.44. The molecule has 0 spiro atoms. The lowest BCUT2D eigenvalue weighted by Crippen LogP contribution is -2.62. The first-order valence-electron chi connectivity index (χ1n) is 12.1. The molecule has 3 atom stereocenters. The van der Waals surface area contributed by atoms with Gasteiger partial charge in [0.1, 0.15) is 18.8 Å². The number of phosphoric ester groups is 1. The van der Waals surface area contributed by atoms with Crippen LogP contribution in [0.25, 0.3) is 0 Å². The van der Waals surface area contributed by atoms with E-state index >= 15 is 0 Å². The number of quaternary nitrogens is 2. The van der Waals surface area contributed by atoms with Crippen molar-refractivity contribution in [2.45, 2.75) is 84.8 Å². The van der Waals surface area contributed by atoms with Crippen molar-refractivity contribution in [3.05, 3.63) is 12.2 Å². The van der Waals surface area contributed by atoms with Gasteiger partial charge in [0.2, 0.25) is 0 Å². The second kappa shape index (κ2) is 15.5. The van der Waals surface area contributed by atoms with Crippen LogP contribution < -0.4 is 0 Å². The fourth-order valence-corrected chi connectivity index (χ4v) is 4.60. The third kappa shape index (κ3) is 13.1. The highest BCUT2D eigenvalue weighted by atomic mass is 31.2. The van der Waals surface area contributed by atoms with Crippen molar-refractivity contribution in [1.29, 1.82) is 0 Å². The van der Waals surface area contributed by atoms with Gasteiger partial charge in [0.05, 0.1) is 40.8 Å². The number of nitrogens with zero attached hydrogens (tertiary/aromatic N) is 2. The molecular weight excluding hydrogens is 415 g/mol. The van der Waals surface area contributed by atoms with Gasteiger partial charge in [-0.05, 0) is 25.7 Å². The Kier molecular flexibility index (Phi) is 15.4. The number of aliphatic hydroxyl groups is 1. The van der Waals surface area contributed by atoms with Gasteiger partial charge >= 0.3 is 7.82 Å². The maximum Gasteiger partial charge on any atom is 0.476 e. The first-order valence-corrected chi connectivity index (χ1v) is 13.6. The summed E-state index contributed by atoms with van der Waals surface area (Å²) >= 11 is 0. The van der Waals surface area contributed by atoms with Gasteiger partial charge in [0.25, 0.3) is 0 Å². The van der Waals surface area contributed by atoms with Crippen LogP contribution >= 0.6 is 7.82 Å². The van der Waals surface area contributed by atoms with Crippen LogP contribution in [0.3, 0.4) is 0 Å². The fraction of sp³-hybridized carbons (Fsp3) is 0.913. The molecule has 0 aromatic heterocycles. The molecule has 0 amide bonds. The maximum atomic E-state index is 12.6. The number of hydrogen-bond donors (Lipinski definition) is 2. The predicted molar refractivity (Wildman–Crippen MR) is 129 cm³/mol. The molecule has 2 N–H and O–H groups in total. The first-order chi connectivity index (χ1) is 14.5. The third-order valence-electron chi connectivity index (χ3n) is 5.55. The van der Waals surface area contributed by atoms with E-state index in [0.717, 1.165) is 64.6 Å². The van der Waals surface area contributed by atoms with Gasteiger partial charge < -0.3 is 19.0 Å². The minimum atomic E-state index is -4.22. The van der Waals surface area contributed by atoms with Crippen molar-refractivity contribution in [3.63, 3.8) is 0 Å². The summed E-state index contributed by atoms with van der Waals surface area (Å²) in [7, 11) is 1.42. The largest absolute Gasteiger partial charge is 0.476 e. The van der Waals surface area contributed by atoms with Gasteiger partial charge in [-0.25, -0.2) is 9.09 Å². The Labute approximate surface area is 191 Å². The molecule has 8 heteroatoms. The molecule has 0 saturated carbocycles. The zero-order valence-corrected chi connectivity index (χ0v) is 22.1. The van der Waals surface area contributed by atoms with Crippen molar-refractivity contribution >= 4 is 7.82 Å². The Morgan fingerprint density at radius 1 is 0.903 bits per heavy atom. The number of allylic oxidation sites excluding steroid dienone is 1. The Hall–Kier alpha value is -0.270. The maximum absolute atomic E-state index is 12.6. The highest BCUT2D eigenvalue weighted by Gasteiger charge is 2.41. The van der Waals surface area contributed by atoms with E-state index in [0.29, 0.717) is 8.97 Å². The Bertz CT molecular complexity index is 515. The lowest BCUT2D eigenvalue weighted by Gasteiger charge is -2.46. The van der Waals surface area contributed by atoms with E-state index in [1.807, 2.05) is 40.2 Å². The third-order valence-corrected chi connectivity index (χ3v) is 6.47. The average Bonchev–Trinajstić information content (AvgIpc) is 2.71. The molecule has 0 aliphatic heterocycles. The smallest absolute Gasteiger partial charge is 0.383 e. The number of hydrogen-bond acceptors (Lipinski definition) is 4. The monoisotopic (exact) mass is 466 g/mol. The molecule has 0 bridgehead atoms. The van der Waals surface area contributed by atoms with Crippen molar-refractivity contribution in [2.75, 3.05) is 54.1 Å². The molecule has 186 valence electrons. The minimum Gasteiger partial charge on any atom is -0.383 e. The molecule has 0 heterocycles. The number of rotatable bonds is 19. The van der Waals surface area contributed by atoms with E-state index in [-0.39, 0.29) is 19.4 Å². The highest BCUT2D eigenvalue weighted by molar-refractivity contribution is 7.47. The van der Waals surface area contributed by atoms with Crippen molar-refractivity contribution in [1.82, 2.24) is 0 Å². The fourth-order valence-electron chi connectivity index (χ4n) is 3.69. The lowest BCUT2D eigenvalue weighted by atomic mass is 10.0. The summed E-state index contributed by atoms with van der Waals surface area (Å²) in [6.07, 6.45) is 10.2. The van der Waals surface area contributed by atoms with E-state index in [4.69, 9.17) is 9.05 Å². The zero-order chi connectivity index (χ0) is 24.0. The van der Waals surface area contributed by atoms with Gasteiger partial charge in [-0.2, -0.15) is 0 Å². The van der Waals surface area contributed by atoms with Crippen LogP contribution in [0.15, 0.2) is 12.2 Å². The molecule has 0 aliphatic rings. The second-order valence-corrected chi connectivity index (χ2v) is 11.1. The van der Waals surface area contributed by atoms with Crippen LogP contribution in [0.1, 0.15) is 72.6 Å². The van der Waals surface area contributed by atoms with E-state index in [1.54, 1.807) is 0 Å². The van der Waals surface area contributed by atoms with E-state index < -0.39 is 13.9 Å². The summed E-state index contributed by atoms with van der Waals surface area (Å²) in [5.74, 6) is 0. The molecule has 3 unspecified atom stereocenters. The van der Waals surface area contributed by atoms with Crippen LogP contribution in [0.5, 0.6) is 0 Å². The van der Waals surface area contributed by atoms with Gasteiger partial charge in [-0.15, -0.1) is 0 Å². The van der Waals surface area contributed by atoms with Crippen molar-refractivity contribution < 1.29 is 32.6 Å². The molecular formula is C23H51N2O5P+2. The van der Waals surface area contributed by atoms with Crippen LogP contribution in [-0.2, 0) is 13.6 Å². The van der Waals surface area contributed by atoms with Crippen molar-refractivity contribution in [3.8, 4) is 0 Å². The first kappa shape index (κ1) is 30.7. The average molecular weight is 467 g/mol. The van der Waals surface area contributed by atoms with Gasteiger partial charge in [0, 0.05) is 0 Å². The minimum absolute atomic E-state index is 0.0166. The molecule has 0 aliphatic carbocycles. The van der Waals surface area contributed by atoms with Gasteiger partial charge in [-0.3, -0.25) is 4.52 Å². The quantitative estimate of drug-likeness (QED) is 0.125. The molecule has 0 aromatic carbocycles. The normalized spacial score (nSPS) is 17.1. The number of unbranched alkanes of at least 4 members (excludes halogenated alkanes) is 3. The van der Waals surface area contributed by atoms with Gasteiger partial charge in [-0.1, -0.05) is 59.1 Å². The summed E-state index contributed by atoms with van der Waals surface area (Å²) in [6.45, 7) is 11.4. The molecule has 0 saturated heterocycles. The summed E-state index contributed by atoms with van der Waals surface area (Å²) in [5, 5.41) is 11.1. The molecule has 0 aromatic rings.